The maximum Gasteiger partial charge on any atom is 0.226 e. The number of anilines is 1. The molecular formula is C15H20Cl2N4O2. The number of nitrogens with one attached hydrogen (secondary N) is 2. The standard InChI is InChI=1S/C15H18N4O2.2ClH/c20-15(9-12-10-21-8-6-17-12)18-13-3-1-2-4-14(13)19-7-5-16-11-19;;/h1-5,7,11-12,17H,6,8-10H2,(H,18,20);2*1H. The lowest BCUT2D eigenvalue weighted by molar-refractivity contribution is -0.117. The van der Waals surface area contributed by atoms with Crippen molar-refractivity contribution in [1.82, 2.24) is 14.9 Å². The van der Waals surface area contributed by atoms with Gasteiger partial charge in [-0.15, -0.1) is 24.8 Å². The van der Waals surface area contributed by atoms with E-state index in [1.807, 2.05) is 35.0 Å². The molecule has 0 radical (unpaired) electrons. The first kappa shape index (κ1) is 19.4. The molecule has 1 amide bonds. The van der Waals surface area contributed by atoms with Gasteiger partial charge in [0.2, 0.25) is 5.91 Å². The van der Waals surface area contributed by atoms with E-state index in [-0.39, 0.29) is 36.8 Å². The van der Waals surface area contributed by atoms with Gasteiger partial charge < -0.3 is 19.9 Å². The molecule has 1 aliphatic rings. The number of morpholine rings is 1. The van der Waals surface area contributed by atoms with Crippen molar-refractivity contribution in [1.29, 1.82) is 0 Å². The van der Waals surface area contributed by atoms with Gasteiger partial charge >= 0.3 is 0 Å². The summed E-state index contributed by atoms with van der Waals surface area (Å²) in [7, 11) is 0. The lowest BCUT2D eigenvalue weighted by Crippen LogP contribution is -2.43. The smallest absolute Gasteiger partial charge is 0.226 e. The number of nitrogens with zero attached hydrogens (tertiary/aromatic N) is 2. The van der Waals surface area contributed by atoms with Gasteiger partial charge in [0.25, 0.3) is 0 Å². The molecule has 0 aliphatic carbocycles. The van der Waals surface area contributed by atoms with E-state index in [1.165, 1.54) is 0 Å². The Hall–Kier alpha value is -1.60. The van der Waals surface area contributed by atoms with Gasteiger partial charge in [-0.25, -0.2) is 4.98 Å². The lowest BCUT2D eigenvalue weighted by atomic mass is 10.2. The highest BCUT2D eigenvalue weighted by atomic mass is 35.5. The normalized spacial score (nSPS) is 16.8. The number of amides is 1. The predicted octanol–water partition coefficient (Wildman–Crippen LogP) is 2.03. The third-order valence-corrected chi connectivity index (χ3v) is 3.39. The van der Waals surface area contributed by atoms with Crippen LogP contribution in [0.3, 0.4) is 0 Å². The predicted molar refractivity (Wildman–Crippen MR) is 93.9 cm³/mol. The number of rotatable bonds is 4. The van der Waals surface area contributed by atoms with Crippen LogP contribution in [0.5, 0.6) is 0 Å². The number of hydrogen-bond donors (Lipinski definition) is 2. The minimum absolute atomic E-state index is 0. The largest absolute Gasteiger partial charge is 0.378 e. The zero-order valence-corrected chi connectivity index (χ0v) is 14.1. The van der Waals surface area contributed by atoms with Gasteiger partial charge in [0.1, 0.15) is 0 Å². The molecule has 6 nitrogen and oxygen atoms in total. The van der Waals surface area contributed by atoms with Crippen LogP contribution >= 0.6 is 24.8 Å². The van der Waals surface area contributed by atoms with Crippen molar-refractivity contribution in [3.8, 4) is 5.69 Å². The summed E-state index contributed by atoms with van der Waals surface area (Å²) in [6, 6.07) is 7.75. The Bertz CT molecular complexity index is 601. The van der Waals surface area contributed by atoms with E-state index in [2.05, 4.69) is 15.6 Å². The summed E-state index contributed by atoms with van der Waals surface area (Å²) in [5.74, 6) is -0.0226. The summed E-state index contributed by atoms with van der Waals surface area (Å²) in [6.45, 7) is 2.09. The van der Waals surface area contributed by atoms with Gasteiger partial charge in [0.05, 0.1) is 30.9 Å². The molecule has 1 aliphatic heterocycles. The number of para-hydroxylation sites is 2. The molecule has 1 atom stereocenters. The Labute approximate surface area is 147 Å². The van der Waals surface area contributed by atoms with Crippen LogP contribution in [0.15, 0.2) is 43.0 Å². The Balaban J connectivity index is 0.00000132. The molecule has 126 valence electrons. The molecular weight excluding hydrogens is 339 g/mol. The molecule has 1 saturated heterocycles. The van der Waals surface area contributed by atoms with Crippen LogP contribution in [0.4, 0.5) is 5.69 Å². The topological polar surface area (TPSA) is 68.2 Å². The number of carbonyl (C=O) groups excluding carboxylic acids is 1. The van der Waals surface area contributed by atoms with Crippen molar-refractivity contribution < 1.29 is 9.53 Å². The number of halogens is 2. The van der Waals surface area contributed by atoms with Gasteiger partial charge in [-0.05, 0) is 12.1 Å². The molecule has 0 bridgehead atoms. The summed E-state index contributed by atoms with van der Waals surface area (Å²) in [5.41, 5.74) is 1.67. The van der Waals surface area contributed by atoms with Gasteiger partial charge in [-0.2, -0.15) is 0 Å². The molecule has 0 saturated carbocycles. The van der Waals surface area contributed by atoms with E-state index >= 15 is 0 Å². The molecule has 1 aromatic carbocycles. The molecule has 2 aromatic rings. The fraction of sp³-hybridized carbons (Fsp3) is 0.333. The second-order valence-electron chi connectivity index (χ2n) is 4.97. The van der Waals surface area contributed by atoms with E-state index in [1.54, 1.807) is 12.5 Å². The number of ether oxygens (including phenoxy) is 1. The van der Waals surface area contributed by atoms with E-state index in [4.69, 9.17) is 4.74 Å². The Morgan fingerprint density at radius 2 is 2.22 bits per heavy atom. The Morgan fingerprint density at radius 1 is 1.39 bits per heavy atom. The summed E-state index contributed by atoms with van der Waals surface area (Å²) in [6.07, 6.45) is 5.67. The molecule has 23 heavy (non-hydrogen) atoms. The Kier molecular flexibility index (Phi) is 8.05. The first-order chi connectivity index (χ1) is 10.3. The summed E-state index contributed by atoms with van der Waals surface area (Å²) in [4.78, 5) is 16.2. The highest BCUT2D eigenvalue weighted by Crippen LogP contribution is 2.19. The maximum absolute atomic E-state index is 12.2. The fourth-order valence-electron chi connectivity index (χ4n) is 2.38. The van der Waals surface area contributed by atoms with Gasteiger partial charge in [-0.1, -0.05) is 12.1 Å². The van der Waals surface area contributed by atoms with Gasteiger partial charge in [0.15, 0.2) is 0 Å². The zero-order chi connectivity index (χ0) is 14.5. The van der Waals surface area contributed by atoms with Crippen molar-refractivity contribution in [3.63, 3.8) is 0 Å². The number of carbonyl (C=O) groups is 1. The number of imidazole rings is 1. The fourth-order valence-corrected chi connectivity index (χ4v) is 2.38. The van der Waals surface area contributed by atoms with Gasteiger partial charge in [-0.3, -0.25) is 4.79 Å². The van der Waals surface area contributed by atoms with Crippen LogP contribution in [0, 0.1) is 0 Å². The minimum atomic E-state index is -0.0226. The molecule has 1 aromatic heterocycles. The second kappa shape index (κ2) is 9.52. The molecule has 2 heterocycles. The van der Waals surface area contributed by atoms with E-state index < -0.39 is 0 Å². The molecule has 0 spiro atoms. The molecule has 1 unspecified atom stereocenters. The quantitative estimate of drug-likeness (QED) is 0.877. The lowest BCUT2D eigenvalue weighted by Gasteiger charge is -2.23. The second-order valence-corrected chi connectivity index (χ2v) is 4.97. The highest BCUT2D eigenvalue weighted by Gasteiger charge is 2.17. The molecule has 8 heteroatoms. The summed E-state index contributed by atoms with van der Waals surface area (Å²) >= 11 is 0. The van der Waals surface area contributed by atoms with Gasteiger partial charge in [0, 0.05) is 31.4 Å². The Morgan fingerprint density at radius 3 is 2.91 bits per heavy atom. The monoisotopic (exact) mass is 358 g/mol. The number of aromatic nitrogens is 2. The minimum Gasteiger partial charge on any atom is -0.378 e. The van der Waals surface area contributed by atoms with Crippen molar-refractivity contribution in [2.45, 2.75) is 12.5 Å². The SMILES string of the molecule is Cl.Cl.O=C(CC1COCCN1)Nc1ccccc1-n1ccnc1. The first-order valence-electron chi connectivity index (χ1n) is 7.01. The van der Waals surface area contributed by atoms with Crippen LogP contribution in [-0.4, -0.2) is 41.3 Å². The summed E-state index contributed by atoms with van der Waals surface area (Å²) < 4.78 is 7.23. The molecule has 3 rings (SSSR count). The van der Waals surface area contributed by atoms with Crippen LogP contribution < -0.4 is 10.6 Å². The average molecular weight is 359 g/mol. The summed E-state index contributed by atoms with van der Waals surface area (Å²) in [5, 5.41) is 6.24. The van der Waals surface area contributed by atoms with Crippen LogP contribution in [0.2, 0.25) is 0 Å². The van der Waals surface area contributed by atoms with Crippen LogP contribution in [0.25, 0.3) is 5.69 Å². The van der Waals surface area contributed by atoms with E-state index in [0.29, 0.717) is 19.6 Å². The third-order valence-electron chi connectivity index (χ3n) is 3.39. The highest BCUT2D eigenvalue weighted by molar-refractivity contribution is 5.93. The number of hydrogen-bond acceptors (Lipinski definition) is 4. The van der Waals surface area contributed by atoms with E-state index in [0.717, 1.165) is 17.9 Å². The molecule has 1 fully saturated rings. The molecule has 2 N–H and O–H groups in total. The van der Waals surface area contributed by atoms with Crippen LogP contribution in [-0.2, 0) is 9.53 Å². The third kappa shape index (κ3) is 5.21. The van der Waals surface area contributed by atoms with Crippen molar-refractivity contribution in [2.24, 2.45) is 0 Å². The average Bonchev–Trinajstić information content (AvgIpc) is 3.03. The maximum atomic E-state index is 12.2. The van der Waals surface area contributed by atoms with Crippen molar-refractivity contribution >= 4 is 36.4 Å². The zero-order valence-electron chi connectivity index (χ0n) is 12.5. The number of benzene rings is 1. The van der Waals surface area contributed by atoms with E-state index in [9.17, 15) is 4.79 Å². The van der Waals surface area contributed by atoms with Crippen LogP contribution in [0.1, 0.15) is 6.42 Å². The van der Waals surface area contributed by atoms with Crippen molar-refractivity contribution in [3.05, 3.63) is 43.0 Å². The van der Waals surface area contributed by atoms with Crippen molar-refractivity contribution in [2.75, 3.05) is 25.1 Å². The first-order valence-corrected chi connectivity index (χ1v) is 7.01.